The van der Waals surface area contributed by atoms with Crippen LogP contribution in [-0.4, -0.2) is 10.2 Å². The summed E-state index contributed by atoms with van der Waals surface area (Å²) in [4.78, 5) is 5.36. The van der Waals surface area contributed by atoms with Crippen LogP contribution in [0.1, 0.15) is 12.5 Å². The monoisotopic (exact) mass is 166 g/mol. The molecule has 58 valence electrons. The fraction of sp³-hybridized carbons (Fsp3) is 0.375. The Morgan fingerprint density at radius 1 is 1.73 bits per heavy atom. The van der Waals surface area contributed by atoms with E-state index in [0.29, 0.717) is 11.1 Å². The topological polar surface area (TPSA) is 38.9 Å². The summed E-state index contributed by atoms with van der Waals surface area (Å²) < 4.78 is 0. The molecule has 11 heavy (non-hydrogen) atoms. The second kappa shape index (κ2) is 2.41. The minimum Gasteiger partial charge on any atom is -0.383 e. The molecule has 1 atom stereocenters. The van der Waals surface area contributed by atoms with Crippen molar-refractivity contribution in [1.29, 1.82) is 0 Å². The van der Waals surface area contributed by atoms with Gasteiger partial charge in [-0.1, -0.05) is 6.92 Å². The minimum absolute atomic E-state index is 0.663. The second-order valence-electron chi connectivity index (χ2n) is 2.81. The van der Waals surface area contributed by atoms with Crippen LogP contribution in [0.2, 0.25) is 0 Å². The minimum atomic E-state index is 0.663. The maximum Gasteiger partial charge on any atom is 0.127 e. The molecule has 0 aromatic carbocycles. The quantitative estimate of drug-likeness (QED) is 0.637. The molecule has 1 aromatic rings. The van der Waals surface area contributed by atoms with Gasteiger partial charge in [-0.25, -0.2) is 4.98 Å². The van der Waals surface area contributed by atoms with Crippen LogP contribution in [0, 0.1) is 0 Å². The van der Waals surface area contributed by atoms with E-state index < -0.39 is 0 Å². The number of hydrogen-bond acceptors (Lipinski definition) is 3. The Hall–Kier alpha value is -0.700. The Labute approximate surface area is 70.2 Å². The first kappa shape index (κ1) is 6.98. The lowest BCUT2D eigenvalue weighted by Gasteiger charge is -1.98. The zero-order valence-electron chi connectivity index (χ0n) is 6.37. The molecule has 0 spiro atoms. The molecule has 1 aliphatic heterocycles. The van der Waals surface area contributed by atoms with Crippen molar-refractivity contribution in [3.8, 4) is 0 Å². The van der Waals surface area contributed by atoms with E-state index in [1.807, 2.05) is 17.8 Å². The molecule has 2 heterocycles. The maximum atomic E-state index is 5.71. The Morgan fingerprint density at radius 2 is 2.55 bits per heavy atom. The fourth-order valence-corrected chi connectivity index (χ4v) is 2.50. The van der Waals surface area contributed by atoms with Gasteiger partial charge in [0.1, 0.15) is 5.82 Å². The van der Waals surface area contributed by atoms with Crippen molar-refractivity contribution >= 4 is 17.6 Å². The molecule has 2 nitrogen and oxygen atoms in total. The first-order chi connectivity index (χ1) is 5.27. The van der Waals surface area contributed by atoms with E-state index in [1.54, 1.807) is 6.20 Å². The van der Waals surface area contributed by atoms with Crippen molar-refractivity contribution in [3.63, 3.8) is 0 Å². The third-order valence-corrected chi connectivity index (χ3v) is 3.07. The summed E-state index contributed by atoms with van der Waals surface area (Å²) in [5.41, 5.74) is 6.95. The molecule has 0 saturated heterocycles. The average molecular weight is 166 g/mol. The highest BCUT2D eigenvalue weighted by atomic mass is 32.2. The molecule has 1 aliphatic rings. The van der Waals surface area contributed by atoms with Crippen LogP contribution < -0.4 is 5.73 Å². The number of nitrogens with zero attached hydrogens (tertiary/aromatic N) is 1. The van der Waals surface area contributed by atoms with Crippen LogP contribution in [0.25, 0.3) is 0 Å². The van der Waals surface area contributed by atoms with Crippen LogP contribution in [0.4, 0.5) is 5.82 Å². The average Bonchev–Trinajstić information content (AvgIpc) is 2.31. The van der Waals surface area contributed by atoms with Gasteiger partial charge in [0, 0.05) is 21.9 Å². The Balaban J connectivity index is 2.49. The lowest BCUT2D eigenvalue weighted by molar-refractivity contribution is 0.953. The van der Waals surface area contributed by atoms with Gasteiger partial charge in [0.05, 0.1) is 0 Å². The van der Waals surface area contributed by atoms with E-state index in [1.165, 1.54) is 10.5 Å². The van der Waals surface area contributed by atoms with E-state index in [0.717, 1.165) is 6.42 Å². The molecule has 0 aliphatic carbocycles. The second-order valence-corrected chi connectivity index (χ2v) is 4.29. The van der Waals surface area contributed by atoms with Crippen molar-refractivity contribution in [1.82, 2.24) is 4.98 Å². The highest BCUT2D eigenvalue weighted by Gasteiger charge is 2.20. The molecule has 2 N–H and O–H groups in total. The molecule has 3 heteroatoms. The van der Waals surface area contributed by atoms with Gasteiger partial charge in [0.2, 0.25) is 0 Å². The number of nitrogen functional groups attached to an aromatic ring is 1. The summed E-state index contributed by atoms with van der Waals surface area (Å²) in [6.45, 7) is 2.21. The third-order valence-electron chi connectivity index (χ3n) is 1.87. The van der Waals surface area contributed by atoms with Crippen molar-refractivity contribution < 1.29 is 0 Å². The van der Waals surface area contributed by atoms with E-state index in [4.69, 9.17) is 5.73 Å². The van der Waals surface area contributed by atoms with Crippen molar-refractivity contribution in [2.24, 2.45) is 0 Å². The highest BCUT2D eigenvalue weighted by Crippen LogP contribution is 2.38. The Kier molecular flexibility index (Phi) is 1.53. The molecule has 0 amide bonds. The molecule has 0 radical (unpaired) electrons. The number of nitrogens with two attached hydrogens (primary N) is 1. The molecule has 0 bridgehead atoms. The van der Waals surface area contributed by atoms with Crippen molar-refractivity contribution in [2.75, 3.05) is 5.73 Å². The summed E-state index contributed by atoms with van der Waals surface area (Å²) in [5, 5.41) is 0.663. The first-order valence-electron chi connectivity index (χ1n) is 3.67. The summed E-state index contributed by atoms with van der Waals surface area (Å²) >= 11 is 1.89. The lowest BCUT2D eigenvalue weighted by Crippen LogP contribution is -1.98. The number of thioether (sulfide) groups is 1. The van der Waals surface area contributed by atoms with Gasteiger partial charge in [-0.3, -0.25) is 0 Å². The van der Waals surface area contributed by atoms with Gasteiger partial charge in [0.15, 0.2) is 0 Å². The summed E-state index contributed by atoms with van der Waals surface area (Å²) in [6, 6.07) is 2.04. The van der Waals surface area contributed by atoms with Crippen LogP contribution in [0.5, 0.6) is 0 Å². The van der Waals surface area contributed by atoms with Crippen LogP contribution in [0.15, 0.2) is 17.2 Å². The Morgan fingerprint density at radius 3 is 3.27 bits per heavy atom. The van der Waals surface area contributed by atoms with Gasteiger partial charge < -0.3 is 5.73 Å². The number of fused-ring (bicyclic) bond motifs is 1. The molecule has 2 rings (SSSR count). The molecule has 1 unspecified atom stereocenters. The largest absolute Gasteiger partial charge is 0.383 e. The van der Waals surface area contributed by atoms with Gasteiger partial charge >= 0.3 is 0 Å². The van der Waals surface area contributed by atoms with E-state index in [9.17, 15) is 0 Å². The van der Waals surface area contributed by atoms with Gasteiger partial charge in [-0.2, -0.15) is 0 Å². The van der Waals surface area contributed by atoms with Gasteiger partial charge in [-0.05, 0) is 12.5 Å². The van der Waals surface area contributed by atoms with Crippen LogP contribution in [-0.2, 0) is 6.42 Å². The Bertz CT molecular complexity index is 285. The number of rotatable bonds is 0. The normalized spacial score (nSPS) is 21.7. The molecule has 0 saturated carbocycles. The zero-order chi connectivity index (χ0) is 7.84. The first-order valence-corrected chi connectivity index (χ1v) is 4.55. The van der Waals surface area contributed by atoms with Crippen molar-refractivity contribution in [3.05, 3.63) is 17.8 Å². The van der Waals surface area contributed by atoms with E-state index in [-0.39, 0.29) is 0 Å². The van der Waals surface area contributed by atoms with E-state index in [2.05, 4.69) is 11.9 Å². The molecular formula is C8H10N2S. The highest BCUT2D eigenvalue weighted by molar-refractivity contribution is 8.00. The zero-order valence-corrected chi connectivity index (χ0v) is 7.19. The predicted molar refractivity (Wildman–Crippen MR) is 47.7 cm³/mol. The summed E-state index contributed by atoms with van der Waals surface area (Å²) in [7, 11) is 0. The predicted octanol–water partition coefficient (Wildman–Crippen LogP) is 1.70. The molecule has 1 aromatic heterocycles. The number of anilines is 1. The third kappa shape index (κ3) is 1.09. The lowest BCUT2D eigenvalue weighted by atomic mass is 10.1. The maximum absolute atomic E-state index is 5.71. The summed E-state index contributed by atoms with van der Waals surface area (Å²) in [5.74, 6) is 0.708. The fourth-order valence-electron chi connectivity index (χ4n) is 1.35. The van der Waals surface area contributed by atoms with Crippen LogP contribution in [0.3, 0.4) is 0 Å². The van der Waals surface area contributed by atoms with E-state index >= 15 is 0 Å². The summed E-state index contributed by atoms with van der Waals surface area (Å²) in [6.07, 6.45) is 2.85. The van der Waals surface area contributed by atoms with Crippen LogP contribution >= 0.6 is 11.8 Å². The molecule has 0 fully saturated rings. The standard InChI is InChI=1S/C8H10N2S/c1-5-4-6-7(11-5)2-3-10-8(6)9/h2-3,5H,4H2,1H3,(H2,9,10). The molecular weight excluding hydrogens is 156 g/mol. The smallest absolute Gasteiger partial charge is 0.127 e. The number of aromatic nitrogens is 1. The van der Waals surface area contributed by atoms with Gasteiger partial charge in [-0.15, -0.1) is 11.8 Å². The number of hydrogen-bond donors (Lipinski definition) is 1. The SMILES string of the molecule is CC1Cc2c(ccnc2N)S1. The van der Waals surface area contributed by atoms with Crippen molar-refractivity contribution in [2.45, 2.75) is 23.5 Å². The van der Waals surface area contributed by atoms with Gasteiger partial charge in [0.25, 0.3) is 0 Å². The number of pyridine rings is 1.